The van der Waals surface area contributed by atoms with Crippen LogP contribution < -0.4 is 31.0 Å². The Labute approximate surface area is 237 Å². The Balaban J connectivity index is 1.45. The molecule has 3 aliphatic rings. The van der Waals surface area contributed by atoms with Crippen LogP contribution in [0.4, 0.5) is 14.6 Å². The molecule has 208 valence electrons. The molecule has 0 aliphatic carbocycles. The maximum absolute atomic E-state index is 16.5. The number of anilines is 1. The molecule has 1 fully saturated rings. The summed E-state index contributed by atoms with van der Waals surface area (Å²) in [5.41, 5.74) is 11.3. The van der Waals surface area contributed by atoms with E-state index < -0.39 is 28.9 Å². The number of halogens is 3. The zero-order chi connectivity index (χ0) is 28.5. The van der Waals surface area contributed by atoms with Gasteiger partial charge >= 0.3 is 0 Å². The second kappa shape index (κ2) is 9.28. The topological polar surface area (TPSA) is 135 Å². The van der Waals surface area contributed by atoms with Gasteiger partial charge in [0.15, 0.2) is 23.0 Å². The third-order valence-corrected chi connectivity index (χ3v) is 8.19. The maximum Gasteiger partial charge on any atom is 0.268 e. The number of ether oxygens (including phenoxy) is 3. The fraction of sp³-hybridized carbons (Fsp3) is 0.207. The minimum absolute atomic E-state index is 0.0441. The van der Waals surface area contributed by atoms with Crippen molar-refractivity contribution in [1.82, 2.24) is 15.3 Å². The number of nitrogen functional groups attached to an aromatic ring is 1. The number of carbonyl (C=O) groups is 1. The fourth-order valence-electron chi connectivity index (χ4n) is 5.99. The van der Waals surface area contributed by atoms with Gasteiger partial charge in [-0.05, 0) is 31.0 Å². The molecule has 0 unspecified atom stereocenters. The number of amides is 1. The van der Waals surface area contributed by atoms with Crippen LogP contribution in [0.5, 0.6) is 28.9 Å². The van der Waals surface area contributed by atoms with Gasteiger partial charge in [-0.15, -0.1) is 0 Å². The molecule has 4 heterocycles. The number of rotatable bonds is 4. The number of nitrogens with zero attached hydrogens (tertiary/aromatic N) is 2. The van der Waals surface area contributed by atoms with Crippen LogP contribution in [0, 0.1) is 11.6 Å². The summed E-state index contributed by atoms with van der Waals surface area (Å²) in [5.74, 6) is -3.48. The summed E-state index contributed by atoms with van der Waals surface area (Å²) >= 11 is 6.57. The predicted molar refractivity (Wildman–Crippen MR) is 145 cm³/mol. The van der Waals surface area contributed by atoms with Gasteiger partial charge in [0.1, 0.15) is 17.9 Å². The van der Waals surface area contributed by atoms with Gasteiger partial charge in [0, 0.05) is 29.2 Å². The van der Waals surface area contributed by atoms with Crippen LogP contribution in [0.1, 0.15) is 34.3 Å². The highest BCUT2D eigenvalue weighted by Crippen LogP contribution is 2.55. The minimum atomic E-state index is -1.04. The van der Waals surface area contributed by atoms with E-state index in [4.69, 9.17) is 37.3 Å². The largest absolute Gasteiger partial charge is 0.480 e. The van der Waals surface area contributed by atoms with Crippen LogP contribution in [0.25, 0.3) is 11.1 Å². The summed E-state index contributed by atoms with van der Waals surface area (Å²) in [5, 5.41) is 3.11. The van der Waals surface area contributed by atoms with Crippen LogP contribution in [0.3, 0.4) is 0 Å². The first-order valence-corrected chi connectivity index (χ1v) is 13.3. The summed E-state index contributed by atoms with van der Waals surface area (Å²) in [6.07, 6.45) is 3.09. The highest BCUT2D eigenvalue weighted by Gasteiger charge is 2.50. The molecule has 3 aromatic carbocycles. The number of nitrogens with two attached hydrogens (primary N) is 2. The normalized spacial score (nSPS) is 20.3. The van der Waals surface area contributed by atoms with E-state index in [2.05, 4.69) is 15.3 Å². The molecule has 7 rings (SSSR count). The Morgan fingerprint density at radius 2 is 1.88 bits per heavy atom. The lowest BCUT2D eigenvalue weighted by Gasteiger charge is -2.35. The number of hydrogen-bond acceptors (Lipinski definition) is 8. The van der Waals surface area contributed by atoms with Crippen LogP contribution in [-0.4, -0.2) is 28.5 Å². The quantitative estimate of drug-likeness (QED) is 0.264. The molecule has 9 nitrogen and oxygen atoms in total. The van der Waals surface area contributed by atoms with Gasteiger partial charge in [-0.2, -0.15) is 4.98 Å². The molecule has 0 radical (unpaired) electrons. The third-order valence-electron chi connectivity index (χ3n) is 7.82. The molecule has 41 heavy (non-hydrogen) atoms. The van der Waals surface area contributed by atoms with Gasteiger partial charge in [-0.25, -0.2) is 13.8 Å². The van der Waals surface area contributed by atoms with Crippen LogP contribution in [-0.2, 0) is 12.0 Å². The van der Waals surface area contributed by atoms with Gasteiger partial charge in [-0.1, -0.05) is 41.9 Å². The number of aromatic nitrogens is 2. The van der Waals surface area contributed by atoms with Gasteiger partial charge in [0.05, 0.1) is 16.6 Å². The van der Waals surface area contributed by atoms with Gasteiger partial charge < -0.3 is 31.0 Å². The van der Waals surface area contributed by atoms with E-state index >= 15 is 8.78 Å². The summed E-state index contributed by atoms with van der Waals surface area (Å²) in [7, 11) is 0. The van der Waals surface area contributed by atoms with Crippen molar-refractivity contribution >= 4 is 23.3 Å². The first-order valence-electron chi connectivity index (χ1n) is 12.9. The van der Waals surface area contributed by atoms with Crippen molar-refractivity contribution in [3.8, 4) is 40.0 Å². The first-order chi connectivity index (χ1) is 19.8. The zero-order valence-corrected chi connectivity index (χ0v) is 22.1. The second-order valence-corrected chi connectivity index (χ2v) is 10.5. The molecule has 0 spiro atoms. The molecule has 5 N–H and O–H groups in total. The Kier molecular flexibility index (Phi) is 5.77. The Hall–Kier alpha value is -4.48. The van der Waals surface area contributed by atoms with E-state index in [1.54, 1.807) is 0 Å². The Bertz CT molecular complexity index is 1750. The third kappa shape index (κ3) is 3.80. The molecule has 4 aromatic rings. The van der Waals surface area contributed by atoms with E-state index in [0.717, 1.165) is 31.3 Å². The second-order valence-electron chi connectivity index (χ2n) is 10.1. The lowest BCUT2D eigenvalue weighted by atomic mass is 9.80. The van der Waals surface area contributed by atoms with Crippen molar-refractivity contribution in [2.24, 2.45) is 5.73 Å². The van der Waals surface area contributed by atoms with E-state index in [1.807, 2.05) is 30.3 Å². The standard InChI is InChI=1S/C29H22ClF2N5O4/c30-22-16(31)10-17-15(11-29(41-17,19-7-4-8-35-19)13-5-2-1-3-6-13)20(22)21-14(27(34)38)9-18-24(23(21)32)40-28-25(39-18)26(33)36-12-37-28/h1-3,5-6,9-10,12,19,35H,4,7-8,11H2,(H2,34,38)(H2,33,36,37)/t19-,29-/m0/s1. The number of benzene rings is 3. The van der Waals surface area contributed by atoms with Crippen molar-refractivity contribution in [2.75, 3.05) is 12.3 Å². The number of primary amides is 1. The average molecular weight is 578 g/mol. The first kappa shape index (κ1) is 25.5. The van der Waals surface area contributed by atoms with Crippen molar-refractivity contribution < 1.29 is 27.8 Å². The smallest absolute Gasteiger partial charge is 0.268 e. The molecular formula is C29H22ClF2N5O4. The molecule has 1 saturated heterocycles. The van der Waals surface area contributed by atoms with Gasteiger partial charge in [-0.3, -0.25) is 4.79 Å². The molecule has 1 aromatic heterocycles. The Morgan fingerprint density at radius 1 is 1.07 bits per heavy atom. The molecule has 12 heteroatoms. The lowest BCUT2D eigenvalue weighted by molar-refractivity contribution is 0.0539. The van der Waals surface area contributed by atoms with Crippen molar-refractivity contribution in [3.63, 3.8) is 0 Å². The van der Waals surface area contributed by atoms with Crippen molar-refractivity contribution in [2.45, 2.75) is 30.9 Å². The van der Waals surface area contributed by atoms with Crippen LogP contribution in [0.15, 0.2) is 48.8 Å². The van der Waals surface area contributed by atoms with E-state index in [-0.39, 0.29) is 63.1 Å². The molecule has 0 bridgehead atoms. The molecule has 2 atom stereocenters. The van der Waals surface area contributed by atoms with Gasteiger partial charge in [0.2, 0.25) is 17.4 Å². The number of nitrogens with one attached hydrogen (secondary N) is 1. The highest BCUT2D eigenvalue weighted by molar-refractivity contribution is 6.34. The number of hydrogen-bond donors (Lipinski definition) is 3. The number of fused-ring (bicyclic) bond motifs is 3. The van der Waals surface area contributed by atoms with Gasteiger partial charge in [0.25, 0.3) is 5.88 Å². The predicted octanol–water partition coefficient (Wildman–Crippen LogP) is 5.24. The molecular weight excluding hydrogens is 556 g/mol. The monoisotopic (exact) mass is 577 g/mol. The van der Waals surface area contributed by atoms with E-state index in [1.165, 1.54) is 12.1 Å². The average Bonchev–Trinajstić information content (AvgIpc) is 3.64. The molecule has 3 aliphatic heterocycles. The fourth-order valence-corrected chi connectivity index (χ4v) is 6.25. The summed E-state index contributed by atoms with van der Waals surface area (Å²) in [6, 6.07) is 11.8. The summed E-state index contributed by atoms with van der Waals surface area (Å²) < 4.78 is 50.0. The summed E-state index contributed by atoms with van der Waals surface area (Å²) in [6.45, 7) is 0.791. The van der Waals surface area contributed by atoms with Crippen molar-refractivity contribution in [3.05, 3.63) is 82.1 Å². The van der Waals surface area contributed by atoms with E-state index in [0.29, 0.717) is 5.56 Å². The molecule has 0 saturated carbocycles. The summed E-state index contributed by atoms with van der Waals surface area (Å²) in [4.78, 5) is 20.5. The van der Waals surface area contributed by atoms with Crippen LogP contribution >= 0.6 is 11.6 Å². The minimum Gasteiger partial charge on any atom is -0.480 e. The zero-order valence-electron chi connectivity index (χ0n) is 21.3. The van der Waals surface area contributed by atoms with Crippen molar-refractivity contribution in [1.29, 1.82) is 0 Å². The van der Waals surface area contributed by atoms with Crippen LogP contribution in [0.2, 0.25) is 5.02 Å². The molecule has 1 amide bonds. The lowest BCUT2D eigenvalue weighted by Crippen LogP contribution is -2.48. The highest BCUT2D eigenvalue weighted by atomic mass is 35.5. The Morgan fingerprint density at radius 3 is 2.61 bits per heavy atom. The SMILES string of the molecule is NC(=O)c1cc2c(c(F)c1-c1c(Cl)c(F)cc3c1C[C@](c1ccccc1)([C@@H]1CCCN1)O3)Oc1ncnc(N)c1O2. The number of carbonyl (C=O) groups excluding carboxylic acids is 1. The maximum atomic E-state index is 16.5. The van der Waals surface area contributed by atoms with E-state index in [9.17, 15) is 4.79 Å².